The van der Waals surface area contributed by atoms with Gasteiger partial charge in [0.2, 0.25) is 0 Å². The number of rotatable bonds is 2. The van der Waals surface area contributed by atoms with Crippen LogP contribution in [0.1, 0.15) is 16.1 Å². The molecule has 2 nitrogen and oxygen atoms in total. The van der Waals surface area contributed by atoms with E-state index in [9.17, 15) is 4.79 Å². The van der Waals surface area contributed by atoms with E-state index in [0.717, 1.165) is 10.8 Å². The van der Waals surface area contributed by atoms with Crippen LogP contribution in [-0.4, -0.2) is 5.78 Å². The number of ketones is 1. The van der Waals surface area contributed by atoms with Crippen molar-refractivity contribution in [2.45, 2.75) is 6.42 Å². The van der Waals surface area contributed by atoms with Crippen LogP contribution in [0.5, 0.6) is 0 Å². The highest BCUT2D eigenvalue weighted by Gasteiger charge is 2.11. The van der Waals surface area contributed by atoms with Crippen LogP contribution >= 0.6 is 11.3 Å². The number of benzene rings is 1. The zero-order chi connectivity index (χ0) is 9.97. The van der Waals surface area contributed by atoms with Crippen molar-refractivity contribution >= 4 is 27.9 Å². The zero-order valence-corrected chi connectivity index (χ0v) is 8.17. The van der Waals surface area contributed by atoms with Crippen molar-refractivity contribution in [2.24, 2.45) is 0 Å². The summed E-state index contributed by atoms with van der Waals surface area (Å²) in [5, 5.41) is 12.4. The summed E-state index contributed by atoms with van der Waals surface area (Å²) in [6.07, 6.45) is -0.0372. The van der Waals surface area contributed by atoms with Crippen LogP contribution in [0.4, 0.5) is 0 Å². The predicted octanol–water partition coefficient (Wildman–Crippen LogP) is 3.00. The summed E-state index contributed by atoms with van der Waals surface area (Å²) >= 11 is 1.41. The number of carbonyl (C=O) groups excluding carboxylic acids is 1. The molecule has 2 rings (SSSR count). The Hall–Kier alpha value is -1.66. The minimum Gasteiger partial charge on any atom is -0.292 e. The first-order chi connectivity index (χ1) is 6.83. The van der Waals surface area contributed by atoms with Crippen LogP contribution in [0, 0.1) is 11.3 Å². The lowest BCUT2D eigenvalue weighted by molar-refractivity contribution is 0.100. The molecule has 0 N–H and O–H groups in total. The maximum absolute atomic E-state index is 11.5. The Morgan fingerprint density at radius 1 is 1.43 bits per heavy atom. The first-order valence-corrected chi connectivity index (χ1v) is 5.07. The van der Waals surface area contributed by atoms with Gasteiger partial charge in [-0.1, -0.05) is 24.3 Å². The molecule has 1 aromatic carbocycles. The quantitative estimate of drug-likeness (QED) is 0.701. The molecule has 3 heteroatoms. The molecule has 0 fully saturated rings. The molecule has 68 valence electrons. The van der Waals surface area contributed by atoms with Crippen LogP contribution in [-0.2, 0) is 0 Å². The molecule has 2 aromatic rings. The van der Waals surface area contributed by atoms with Gasteiger partial charge in [0.15, 0.2) is 5.78 Å². The molecule has 0 unspecified atom stereocenters. The monoisotopic (exact) mass is 201 g/mol. The number of hydrogen-bond donors (Lipinski definition) is 0. The molecule has 0 radical (unpaired) electrons. The third-order valence-electron chi connectivity index (χ3n) is 2.00. The Bertz CT molecular complexity index is 521. The first-order valence-electron chi connectivity index (χ1n) is 4.19. The van der Waals surface area contributed by atoms with E-state index in [2.05, 4.69) is 0 Å². The Labute approximate surface area is 85.4 Å². The fourth-order valence-electron chi connectivity index (χ4n) is 1.36. The summed E-state index contributed by atoms with van der Waals surface area (Å²) in [6, 6.07) is 9.60. The van der Waals surface area contributed by atoms with Gasteiger partial charge >= 0.3 is 0 Å². The van der Waals surface area contributed by atoms with Crippen molar-refractivity contribution < 1.29 is 4.79 Å². The predicted molar refractivity (Wildman–Crippen MR) is 56.4 cm³/mol. The summed E-state index contributed by atoms with van der Waals surface area (Å²) in [5.74, 6) is -0.0845. The smallest absolute Gasteiger partial charge is 0.187 e. The molecule has 1 heterocycles. The zero-order valence-electron chi connectivity index (χ0n) is 7.36. The van der Waals surface area contributed by atoms with Crippen molar-refractivity contribution in [3.8, 4) is 6.07 Å². The van der Waals surface area contributed by atoms with Crippen molar-refractivity contribution in [3.05, 3.63) is 34.5 Å². The molecule has 0 bridgehead atoms. The maximum Gasteiger partial charge on any atom is 0.187 e. The molecular formula is C11H7NOS. The Kier molecular flexibility index (Phi) is 2.30. The number of fused-ring (bicyclic) bond motifs is 1. The van der Waals surface area contributed by atoms with Crippen LogP contribution in [0.2, 0.25) is 0 Å². The summed E-state index contributed by atoms with van der Waals surface area (Å²) < 4.78 is 0. The molecule has 0 amide bonds. The second kappa shape index (κ2) is 3.60. The minimum atomic E-state index is -0.0845. The fraction of sp³-hybridized carbons (Fsp3) is 0.0909. The van der Waals surface area contributed by atoms with Crippen LogP contribution in [0.25, 0.3) is 10.8 Å². The summed E-state index contributed by atoms with van der Waals surface area (Å²) in [7, 11) is 0. The third kappa shape index (κ3) is 1.40. The van der Waals surface area contributed by atoms with E-state index in [-0.39, 0.29) is 12.2 Å². The van der Waals surface area contributed by atoms with Crippen molar-refractivity contribution in [3.63, 3.8) is 0 Å². The lowest BCUT2D eigenvalue weighted by Crippen LogP contribution is -1.93. The molecule has 0 saturated carbocycles. The van der Waals surface area contributed by atoms with Gasteiger partial charge in [-0.25, -0.2) is 0 Å². The van der Waals surface area contributed by atoms with E-state index < -0.39 is 0 Å². The van der Waals surface area contributed by atoms with Crippen LogP contribution < -0.4 is 0 Å². The summed E-state index contributed by atoms with van der Waals surface area (Å²) in [6.45, 7) is 0. The molecule has 0 aliphatic rings. The summed E-state index contributed by atoms with van der Waals surface area (Å²) in [4.78, 5) is 12.2. The topological polar surface area (TPSA) is 40.9 Å². The Morgan fingerprint density at radius 3 is 3.00 bits per heavy atom. The molecule has 1 aromatic heterocycles. The van der Waals surface area contributed by atoms with Gasteiger partial charge in [-0.15, -0.1) is 11.3 Å². The first kappa shape index (κ1) is 8.92. The average molecular weight is 201 g/mol. The number of nitrogens with zero attached hydrogens (tertiary/aromatic N) is 1. The van der Waals surface area contributed by atoms with Gasteiger partial charge in [0.1, 0.15) is 0 Å². The van der Waals surface area contributed by atoms with Gasteiger partial charge in [-0.3, -0.25) is 4.79 Å². The normalized spacial score (nSPS) is 9.93. The van der Waals surface area contributed by atoms with Crippen molar-refractivity contribution in [1.82, 2.24) is 0 Å². The molecule has 14 heavy (non-hydrogen) atoms. The molecule has 0 atom stereocenters. The van der Waals surface area contributed by atoms with Crippen LogP contribution in [0.15, 0.2) is 29.6 Å². The standard InChI is InChI=1S/C11H7NOS/c12-6-5-10(13)11-9-4-2-1-3-8(9)7-14-11/h1-4,7H,5H2. The van der Waals surface area contributed by atoms with Gasteiger partial charge in [0, 0.05) is 5.39 Å². The van der Waals surface area contributed by atoms with Crippen molar-refractivity contribution in [2.75, 3.05) is 0 Å². The molecular weight excluding hydrogens is 194 g/mol. The average Bonchev–Trinajstić information content (AvgIpc) is 2.61. The van der Waals surface area contributed by atoms with Gasteiger partial charge < -0.3 is 0 Å². The van der Waals surface area contributed by atoms with E-state index in [1.54, 1.807) is 0 Å². The number of carbonyl (C=O) groups is 1. The molecule has 0 aliphatic carbocycles. The van der Waals surface area contributed by atoms with Crippen LogP contribution in [0.3, 0.4) is 0 Å². The van der Waals surface area contributed by atoms with E-state index in [1.807, 2.05) is 35.7 Å². The van der Waals surface area contributed by atoms with Gasteiger partial charge in [-0.2, -0.15) is 5.26 Å². The highest BCUT2D eigenvalue weighted by Crippen LogP contribution is 2.26. The van der Waals surface area contributed by atoms with E-state index in [1.165, 1.54) is 11.3 Å². The molecule has 0 saturated heterocycles. The fourth-order valence-corrected chi connectivity index (χ4v) is 2.33. The minimum absolute atomic E-state index is 0.0372. The van der Waals surface area contributed by atoms with Gasteiger partial charge in [0.05, 0.1) is 17.4 Å². The summed E-state index contributed by atoms with van der Waals surface area (Å²) in [5.41, 5.74) is 0. The van der Waals surface area contributed by atoms with Crippen molar-refractivity contribution in [1.29, 1.82) is 5.26 Å². The third-order valence-corrected chi connectivity index (χ3v) is 3.06. The second-order valence-corrected chi connectivity index (χ2v) is 3.79. The van der Waals surface area contributed by atoms with E-state index >= 15 is 0 Å². The molecule has 0 aliphatic heterocycles. The Balaban J connectivity index is 2.54. The van der Waals surface area contributed by atoms with E-state index in [4.69, 9.17) is 5.26 Å². The largest absolute Gasteiger partial charge is 0.292 e. The number of thiophene rings is 1. The maximum atomic E-state index is 11.5. The second-order valence-electron chi connectivity index (χ2n) is 2.91. The highest BCUT2D eigenvalue weighted by atomic mass is 32.1. The Morgan fingerprint density at radius 2 is 2.21 bits per heavy atom. The lowest BCUT2D eigenvalue weighted by Gasteiger charge is -1.92. The lowest BCUT2D eigenvalue weighted by atomic mass is 10.1. The van der Waals surface area contributed by atoms with E-state index in [0.29, 0.717) is 4.88 Å². The van der Waals surface area contributed by atoms with Gasteiger partial charge in [-0.05, 0) is 10.8 Å². The molecule has 0 spiro atoms. The van der Waals surface area contributed by atoms with Gasteiger partial charge in [0.25, 0.3) is 0 Å². The number of nitriles is 1. The number of hydrogen-bond acceptors (Lipinski definition) is 3. The number of Topliss-reactive ketones (excluding diaryl/α,β-unsaturated/α-hetero) is 1. The SMILES string of the molecule is N#CCC(=O)c1scc2ccccc12. The highest BCUT2D eigenvalue weighted by molar-refractivity contribution is 7.13.